The molecule has 1 aliphatic rings. The van der Waals surface area contributed by atoms with Gasteiger partial charge >= 0.3 is 0 Å². The number of carbonyl (C=O) groups excluding carboxylic acids is 2. The Kier molecular flexibility index (Phi) is 6.97. The lowest BCUT2D eigenvalue weighted by Crippen LogP contribution is -2.49. The molecule has 0 saturated carbocycles. The van der Waals surface area contributed by atoms with Gasteiger partial charge < -0.3 is 20.3 Å². The van der Waals surface area contributed by atoms with Crippen LogP contribution in [-0.4, -0.2) is 74.1 Å². The third kappa shape index (κ3) is 5.52. The molecule has 2 N–H and O–H groups in total. The summed E-state index contributed by atoms with van der Waals surface area (Å²) in [4.78, 5) is 36.3. The summed E-state index contributed by atoms with van der Waals surface area (Å²) in [5.74, 6) is 0.266. The SMILES string of the molecule is CC(C)COc1ccc(S(C)(=O)=O)cc1C(=O)N1CCN(c2cnc(C(N)=O)cn2)CC1. The molecule has 11 heteroatoms. The van der Waals surface area contributed by atoms with Crippen LogP contribution in [0.2, 0.25) is 0 Å². The number of hydrogen-bond donors (Lipinski definition) is 1. The first-order chi connectivity index (χ1) is 15.1. The van der Waals surface area contributed by atoms with Crippen molar-refractivity contribution < 1.29 is 22.7 Å². The molecular formula is C21H27N5O5S. The van der Waals surface area contributed by atoms with Gasteiger partial charge in [-0.2, -0.15) is 0 Å². The molecular weight excluding hydrogens is 434 g/mol. The molecule has 0 aliphatic carbocycles. The van der Waals surface area contributed by atoms with Gasteiger partial charge in [-0.1, -0.05) is 13.8 Å². The first kappa shape index (κ1) is 23.5. The third-order valence-corrected chi connectivity index (χ3v) is 6.07. The second-order valence-electron chi connectivity index (χ2n) is 8.04. The normalized spacial score (nSPS) is 14.5. The molecule has 0 atom stereocenters. The van der Waals surface area contributed by atoms with Gasteiger partial charge in [-0.25, -0.2) is 18.4 Å². The number of piperazine rings is 1. The van der Waals surface area contributed by atoms with E-state index < -0.39 is 15.7 Å². The summed E-state index contributed by atoms with van der Waals surface area (Å²) in [7, 11) is -3.47. The molecule has 1 saturated heterocycles. The van der Waals surface area contributed by atoms with E-state index in [1.165, 1.54) is 30.6 Å². The molecule has 2 amide bonds. The highest BCUT2D eigenvalue weighted by molar-refractivity contribution is 7.90. The van der Waals surface area contributed by atoms with Gasteiger partial charge in [-0.3, -0.25) is 9.59 Å². The first-order valence-electron chi connectivity index (χ1n) is 10.2. The monoisotopic (exact) mass is 461 g/mol. The minimum atomic E-state index is -3.47. The van der Waals surface area contributed by atoms with Gasteiger partial charge in [0.15, 0.2) is 9.84 Å². The predicted molar refractivity (Wildman–Crippen MR) is 119 cm³/mol. The molecule has 0 spiro atoms. The molecule has 32 heavy (non-hydrogen) atoms. The Morgan fingerprint density at radius 1 is 1.12 bits per heavy atom. The molecule has 3 rings (SSSR count). The highest BCUT2D eigenvalue weighted by Gasteiger charge is 2.26. The van der Waals surface area contributed by atoms with Crippen LogP contribution >= 0.6 is 0 Å². The van der Waals surface area contributed by atoms with Crippen LogP contribution in [0.1, 0.15) is 34.7 Å². The van der Waals surface area contributed by atoms with Crippen molar-refractivity contribution in [1.29, 1.82) is 0 Å². The Balaban J connectivity index is 1.76. The summed E-state index contributed by atoms with van der Waals surface area (Å²) in [5, 5.41) is 0. The van der Waals surface area contributed by atoms with Gasteiger partial charge in [0, 0.05) is 32.4 Å². The van der Waals surface area contributed by atoms with Gasteiger partial charge in [-0.15, -0.1) is 0 Å². The fourth-order valence-corrected chi connectivity index (χ4v) is 3.86. The van der Waals surface area contributed by atoms with Crippen LogP contribution in [-0.2, 0) is 9.84 Å². The van der Waals surface area contributed by atoms with E-state index in [2.05, 4.69) is 9.97 Å². The highest BCUT2D eigenvalue weighted by Crippen LogP contribution is 2.26. The second-order valence-corrected chi connectivity index (χ2v) is 10.1. The molecule has 1 aliphatic heterocycles. The fraction of sp³-hybridized carbons (Fsp3) is 0.429. The van der Waals surface area contributed by atoms with Crippen molar-refractivity contribution in [2.45, 2.75) is 18.7 Å². The number of benzene rings is 1. The van der Waals surface area contributed by atoms with Crippen molar-refractivity contribution in [3.63, 3.8) is 0 Å². The van der Waals surface area contributed by atoms with Crippen LogP contribution in [0.15, 0.2) is 35.5 Å². The highest BCUT2D eigenvalue weighted by atomic mass is 32.2. The van der Waals surface area contributed by atoms with Crippen molar-refractivity contribution in [2.75, 3.05) is 43.9 Å². The Labute approximate surface area is 187 Å². The minimum Gasteiger partial charge on any atom is -0.492 e. The number of aromatic nitrogens is 2. The third-order valence-electron chi connectivity index (χ3n) is 4.96. The summed E-state index contributed by atoms with van der Waals surface area (Å²) in [6.45, 7) is 6.21. The first-order valence-corrected chi connectivity index (χ1v) is 12.1. The van der Waals surface area contributed by atoms with Crippen LogP contribution in [0.3, 0.4) is 0 Å². The van der Waals surface area contributed by atoms with Crippen LogP contribution in [0.25, 0.3) is 0 Å². The zero-order valence-electron chi connectivity index (χ0n) is 18.3. The Hall–Kier alpha value is -3.21. The van der Waals surface area contributed by atoms with Gasteiger partial charge in [0.1, 0.15) is 17.3 Å². The van der Waals surface area contributed by atoms with Crippen LogP contribution in [0, 0.1) is 5.92 Å². The lowest BCUT2D eigenvalue weighted by molar-refractivity contribution is 0.0740. The molecule has 10 nitrogen and oxygen atoms in total. The smallest absolute Gasteiger partial charge is 0.268 e. The molecule has 0 unspecified atom stereocenters. The van der Waals surface area contributed by atoms with Crippen molar-refractivity contribution in [1.82, 2.24) is 14.9 Å². The van der Waals surface area contributed by atoms with Gasteiger partial charge in [0.2, 0.25) is 0 Å². The van der Waals surface area contributed by atoms with E-state index in [0.29, 0.717) is 44.4 Å². The fourth-order valence-electron chi connectivity index (χ4n) is 3.21. The van der Waals surface area contributed by atoms with Crippen molar-refractivity contribution in [3.8, 4) is 5.75 Å². The lowest BCUT2D eigenvalue weighted by atomic mass is 10.1. The van der Waals surface area contributed by atoms with E-state index in [0.717, 1.165) is 6.26 Å². The number of hydrogen-bond acceptors (Lipinski definition) is 8. The maximum Gasteiger partial charge on any atom is 0.268 e. The number of sulfone groups is 1. The lowest BCUT2D eigenvalue weighted by Gasteiger charge is -2.35. The molecule has 0 bridgehead atoms. The van der Waals surface area contributed by atoms with Crippen molar-refractivity contribution in [2.24, 2.45) is 11.7 Å². The van der Waals surface area contributed by atoms with Crippen LogP contribution in [0.5, 0.6) is 5.75 Å². The van der Waals surface area contributed by atoms with Crippen molar-refractivity contribution in [3.05, 3.63) is 41.9 Å². The number of carbonyl (C=O) groups is 2. The summed E-state index contributed by atoms with van der Waals surface area (Å²) in [6, 6.07) is 4.37. The minimum absolute atomic E-state index is 0.0706. The number of amides is 2. The number of primary amides is 1. The predicted octanol–water partition coefficient (Wildman–Crippen LogP) is 0.976. The maximum absolute atomic E-state index is 13.3. The summed E-state index contributed by atoms with van der Waals surface area (Å²) in [5.41, 5.74) is 5.50. The molecule has 172 valence electrons. The molecule has 2 heterocycles. The molecule has 1 fully saturated rings. The van der Waals surface area contributed by atoms with E-state index in [-0.39, 0.29) is 28.0 Å². The van der Waals surface area contributed by atoms with Gasteiger partial charge in [0.05, 0.1) is 29.5 Å². The number of nitrogens with zero attached hydrogens (tertiary/aromatic N) is 4. The summed E-state index contributed by atoms with van der Waals surface area (Å²) >= 11 is 0. The topological polar surface area (TPSA) is 136 Å². The van der Waals surface area contributed by atoms with E-state index in [9.17, 15) is 18.0 Å². The average molecular weight is 462 g/mol. The quantitative estimate of drug-likeness (QED) is 0.644. The Bertz CT molecular complexity index is 1090. The van der Waals surface area contributed by atoms with Gasteiger partial charge in [0.25, 0.3) is 11.8 Å². The molecule has 2 aromatic rings. The van der Waals surface area contributed by atoms with E-state index >= 15 is 0 Å². The Morgan fingerprint density at radius 3 is 2.34 bits per heavy atom. The van der Waals surface area contributed by atoms with Gasteiger partial charge in [-0.05, 0) is 24.1 Å². The number of anilines is 1. The maximum atomic E-state index is 13.3. The number of rotatable bonds is 7. The molecule has 1 aromatic carbocycles. The largest absolute Gasteiger partial charge is 0.492 e. The molecule has 0 radical (unpaired) electrons. The zero-order chi connectivity index (χ0) is 23.5. The zero-order valence-corrected chi connectivity index (χ0v) is 19.1. The molecule has 1 aromatic heterocycles. The van der Waals surface area contributed by atoms with E-state index in [1.807, 2.05) is 18.7 Å². The second kappa shape index (κ2) is 9.51. The Morgan fingerprint density at radius 2 is 1.81 bits per heavy atom. The van der Waals surface area contributed by atoms with E-state index in [4.69, 9.17) is 10.5 Å². The average Bonchev–Trinajstić information content (AvgIpc) is 2.76. The number of ether oxygens (including phenoxy) is 1. The van der Waals surface area contributed by atoms with Crippen molar-refractivity contribution >= 4 is 27.5 Å². The standard InChI is InChI=1S/C21H27N5O5S/c1-14(2)13-31-18-5-4-15(32(3,29)30)10-16(18)21(28)26-8-6-25(7-9-26)19-12-23-17(11-24-19)20(22)27/h4-5,10-12,14H,6-9,13H2,1-3H3,(H2,22,27). The number of nitrogens with two attached hydrogens (primary N) is 1. The van der Waals surface area contributed by atoms with Crippen LogP contribution < -0.4 is 15.4 Å². The van der Waals surface area contributed by atoms with Crippen LogP contribution in [0.4, 0.5) is 5.82 Å². The summed E-state index contributed by atoms with van der Waals surface area (Å²) in [6.07, 6.45) is 3.91. The summed E-state index contributed by atoms with van der Waals surface area (Å²) < 4.78 is 29.8. The van der Waals surface area contributed by atoms with E-state index in [1.54, 1.807) is 4.90 Å².